The molecule has 1 heterocycles. The van der Waals surface area contributed by atoms with E-state index in [1.54, 1.807) is 7.11 Å². The fraction of sp³-hybridized carbons (Fsp3) is 0.556. The molecule has 2 N–H and O–H groups in total. The minimum atomic E-state index is 0.0414. The third-order valence-electron chi connectivity index (χ3n) is 4.29. The van der Waals surface area contributed by atoms with Crippen molar-refractivity contribution < 1.29 is 14.3 Å². The number of ether oxygens (including phenoxy) is 1. The van der Waals surface area contributed by atoms with Crippen LogP contribution in [0.3, 0.4) is 0 Å². The zero-order valence-electron chi connectivity index (χ0n) is 14.5. The van der Waals surface area contributed by atoms with Gasteiger partial charge in [0, 0.05) is 38.6 Å². The van der Waals surface area contributed by atoms with Crippen LogP contribution in [0.2, 0.25) is 0 Å². The molecule has 1 aromatic rings. The molecule has 132 valence electrons. The maximum absolute atomic E-state index is 12.4. The first-order valence-electron chi connectivity index (χ1n) is 8.43. The molecule has 1 saturated heterocycles. The summed E-state index contributed by atoms with van der Waals surface area (Å²) in [6.45, 7) is 4.28. The highest BCUT2D eigenvalue weighted by Gasteiger charge is 2.24. The number of benzene rings is 1. The number of nitrogens with two attached hydrogens (primary N) is 1. The van der Waals surface area contributed by atoms with Gasteiger partial charge in [0.25, 0.3) is 0 Å². The Hall–Kier alpha value is -2.08. The molecule has 0 aliphatic carbocycles. The van der Waals surface area contributed by atoms with Crippen LogP contribution in [0.25, 0.3) is 0 Å². The first-order chi connectivity index (χ1) is 11.5. The van der Waals surface area contributed by atoms with Crippen molar-refractivity contribution in [3.05, 3.63) is 29.8 Å². The van der Waals surface area contributed by atoms with E-state index in [4.69, 9.17) is 10.5 Å². The largest absolute Gasteiger partial charge is 0.497 e. The molecule has 0 aromatic heterocycles. The molecule has 0 saturated carbocycles. The van der Waals surface area contributed by atoms with Gasteiger partial charge in [-0.25, -0.2) is 0 Å². The van der Waals surface area contributed by atoms with Crippen LogP contribution in [-0.4, -0.2) is 60.9 Å². The second-order valence-electron chi connectivity index (χ2n) is 6.31. The smallest absolute Gasteiger partial charge is 0.227 e. The summed E-state index contributed by atoms with van der Waals surface area (Å²) in [5, 5.41) is 0. The Labute approximate surface area is 143 Å². The third-order valence-corrected chi connectivity index (χ3v) is 4.29. The normalized spacial score (nSPS) is 16.0. The summed E-state index contributed by atoms with van der Waals surface area (Å²) in [5.74, 6) is 0.975. The Kier molecular flexibility index (Phi) is 6.61. The van der Waals surface area contributed by atoms with Crippen LogP contribution < -0.4 is 10.5 Å². The van der Waals surface area contributed by atoms with Crippen LogP contribution in [0.4, 0.5) is 0 Å². The lowest BCUT2D eigenvalue weighted by atomic mass is 10.1. The summed E-state index contributed by atoms with van der Waals surface area (Å²) in [4.78, 5) is 28.2. The minimum absolute atomic E-state index is 0.0414. The zero-order valence-corrected chi connectivity index (χ0v) is 14.5. The summed E-state index contributed by atoms with van der Waals surface area (Å²) < 4.78 is 5.18. The number of hydrogen-bond acceptors (Lipinski definition) is 4. The number of methoxy groups -OCH3 is 1. The van der Waals surface area contributed by atoms with Gasteiger partial charge in [0.15, 0.2) is 0 Å². The molecule has 1 aromatic carbocycles. The van der Waals surface area contributed by atoms with Crippen LogP contribution in [-0.2, 0) is 16.0 Å². The third kappa shape index (κ3) is 5.23. The van der Waals surface area contributed by atoms with E-state index in [-0.39, 0.29) is 17.9 Å². The maximum Gasteiger partial charge on any atom is 0.227 e. The van der Waals surface area contributed by atoms with Crippen molar-refractivity contribution in [3.63, 3.8) is 0 Å². The first-order valence-corrected chi connectivity index (χ1v) is 8.43. The number of hydrogen-bond donors (Lipinski definition) is 1. The Morgan fingerprint density at radius 3 is 2.38 bits per heavy atom. The lowest BCUT2D eigenvalue weighted by Crippen LogP contribution is -2.51. The van der Waals surface area contributed by atoms with Crippen LogP contribution >= 0.6 is 0 Å². The average molecular weight is 333 g/mol. The lowest BCUT2D eigenvalue weighted by Gasteiger charge is -2.35. The molecule has 6 nitrogen and oxygen atoms in total. The number of carbonyl (C=O) groups excluding carboxylic acids is 2. The van der Waals surface area contributed by atoms with E-state index >= 15 is 0 Å². The van der Waals surface area contributed by atoms with E-state index in [9.17, 15) is 9.59 Å². The van der Waals surface area contributed by atoms with Crippen LogP contribution in [0.15, 0.2) is 24.3 Å². The zero-order chi connectivity index (χ0) is 17.5. The summed E-state index contributed by atoms with van der Waals surface area (Å²) >= 11 is 0. The summed E-state index contributed by atoms with van der Waals surface area (Å²) in [5.41, 5.74) is 6.63. The van der Waals surface area contributed by atoms with Crippen molar-refractivity contribution in [3.8, 4) is 5.75 Å². The summed E-state index contributed by atoms with van der Waals surface area (Å²) in [6, 6.07) is 7.59. The van der Waals surface area contributed by atoms with Gasteiger partial charge in [0.2, 0.25) is 11.8 Å². The minimum Gasteiger partial charge on any atom is -0.497 e. The Morgan fingerprint density at radius 2 is 1.79 bits per heavy atom. The molecular weight excluding hydrogens is 306 g/mol. The van der Waals surface area contributed by atoms with Crippen molar-refractivity contribution in [2.24, 2.45) is 5.73 Å². The van der Waals surface area contributed by atoms with Crippen molar-refractivity contribution in [2.45, 2.75) is 32.2 Å². The molecule has 6 heteroatoms. The number of amides is 2. The molecule has 24 heavy (non-hydrogen) atoms. The van der Waals surface area contributed by atoms with Crippen LogP contribution in [0.5, 0.6) is 5.75 Å². The van der Waals surface area contributed by atoms with Crippen LogP contribution in [0.1, 0.15) is 25.3 Å². The number of carbonyl (C=O) groups is 2. The molecule has 0 radical (unpaired) electrons. The number of piperazine rings is 1. The monoisotopic (exact) mass is 333 g/mol. The van der Waals surface area contributed by atoms with Gasteiger partial charge < -0.3 is 20.3 Å². The van der Waals surface area contributed by atoms with Gasteiger partial charge in [0.05, 0.1) is 13.5 Å². The molecule has 1 unspecified atom stereocenters. The fourth-order valence-electron chi connectivity index (χ4n) is 2.78. The Balaban J connectivity index is 1.81. The van der Waals surface area contributed by atoms with E-state index in [1.165, 1.54) is 0 Å². The molecule has 2 amide bonds. The van der Waals surface area contributed by atoms with Gasteiger partial charge in [-0.05, 0) is 31.0 Å². The van der Waals surface area contributed by atoms with Gasteiger partial charge in [0.1, 0.15) is 5.75 Å². The van der Waals surface area contributed by atoms with Gasteiger partial charge >= 0.3 is 0 Å². The number of nitrogens with zero attached hydrogens (tertiary/aromatic N) is 2. The molecular formula is C18H27N3O3. The second kappa shape index (κ2) is 8.68. The molecule has 1 atom stereocenters. The molecule has 1 aliphatic rings. The quantitative estimate of drug-likeness (QED) is 0.844. The summed E-state index contributed by atoms with van der Waals surface area (Å²) in [6.07, 6.45) is 1.54. The Bertz CT molecular complexity index is 566. The highest BCUT2D eigenvalue weighted by atomic mass is 16.5. The van der Waals surface area contributed by atoms with Gasteiger partial charge in [-0.3, -0.25) is 9.59 Å². The molecule has 1 fully saturated rings. The average Bonchev–Trinajstić information content (AvgIpc) is 2.59. The highest BCUT2D eigenvalue weighted by Crippen LogP contribution is 2.14. The topological polar surface area (TPSA) is 75.9 Å². The lowest BCUT2D eigenvalue weighted by molar-refractivity contribution is -0.139. The predicted octanol–water partition coefficient (Wildman–Crippen LogP) is 1.04. The van der Waals surface area contributed by atoms with Crippen molar-refractivity contribution in [2.75, 3.05) is 33.3 Å². The fourth-order valence-corrected chi connectivity index (χ4v) is 2.78. The molecule has 0 bridgehead atoms. The van der Waals surface area contributed by atoms with E-state index in [1.807, 2.05) is 41.0 Å². The van der Waals surface area contributed by atoms with E-state index in [0.29, 0.717) is 45.4 Å². The van der Waals surface area contributed by atoms with Crippen molar-refractivity contribution in [1.82, 2.24) is 9.80 Å². The van der Waals surface area contributed by atoms with E-state index in [2.05, 4.69) is 0 Å². The Morgan fingerprint density at radius 1 is 1.17 bits per heavy atom. The summed E-state index contributed by atoms with van der Waals surface area (Å²) in [7, 11) is 1.61. The molecule has 2 rings (SSSR count). The van der Waals surface area contributed by atoms with Crippen molar-refractivity contribution in [1.29, 1.82) is 0 Å². The van der Waals surface area contributed by atoms with E-state index in [0.717, 1.165) is 11.3 Å². The van der Waals surface area contributed by atoms with Crippen molar-refractivity contribution >= 4 is 11.8 Å². The predicted molar refractivity (Wildman–Crippen MR) is 92.7 cm³/mol. The number of rotatable bonds is 6. The second-order valence-corrected chi connectivity index (χ2v) is 6.31. The SMILES string of the molecule is COc1cccc(CC(=O)N2CCN(C(=O)CCC(C)N)CC2)c1. The first kappa shape index (κ1) is 18.3. The van der Waals surface area contributed by atoms with Gasteiger partial charge in [-0.1, -0.05) is 12.1 Å². The standard InChI is InChI=1S/C18H27N3O3/c1-14(19)6-7-17(22)20-8-10-21(11-9-20)18(23)13-15-4-3-5-16(12-15)24-2/h3-5,12,14H,6-11,13,19H2,1-2H3. The maximum atomic E-state index is 12.4. The van der Waals surface area contributed by atoms with Gasteiger partial charge in [-0.15, -0.1) is 0 Å². The molecule has 0 spiro atoms. The van der Waals surface area contributed by atoms with Gasteiger partial charge in [-0.2, -0.15) is 0 Å². The highest BCUT2D eigenvalue weighted by molar-refractivity contribution is 5.80. The van der Waals surface area contributed by atoms with E-state index < -0.39 is 0 Å². The molecule has 1 aliphatic heterocycles. The van der Waals surface area contributed by atoms with Crippen LogP contribution in [0, 0.1) is 0 Å².